The molecule has 14 heteroatoms. The van der Waals surface area contributed by atoms with E-state index < -0.39 is 41.7 Å². The maximum Gasteiger partial charge on any atom is 0.305 e. The monoisotopic (exact) mass is 504 g/mol. The first-order chi connectivity index (χ1) is 17.3. The number of anilines is 1. The van der Waals surface area contributed by atoms with Crippen LogP contribution in [0.25, 0.3) is 0 Å². The number of nitrogens with one attached hydrogen (secondary N) is 3. The van der Waals surface area contributed by atoms with Crippen molar-refractivity contribution in [3.8, 4) is 0 Å². The third kappa shape index (κ3) is 7.18. The number of nitrogens with zero attached hydrogens (tertiary/aromatic N) is 5. The molecule has 1 unspecified atom stereocenters. The number of hydrogen-bond donors (Lipinski definition) is 4. The first-order valence-electron chi connectivity index (χ1n) is 11.9. The number of aromatic nitrogens is 4. The molecule has 1 amide bonds. The zero-order valence-electron chi connectivity index (χ0n) is 20.4. The second-order valence-corrected chi connectivity index (χ2v) is 8.60. The molecule has 0 bridgehead atoms. The van der Waals surface area contributed by atoms with Gasteiger partial charge in [-0.15, -0.1) is 0 Å². The molecule has 4 N–H and O–H groups in total. The van der Waals surface area contributed by atoms with Crippen LogP contribution in [0.3, 0.4) is 0 Å². The van der Waals surface area contributed by atoms with Crippen LogP contribution >= 0.6 is 0 Å². The summed E-state index contributed by atoms with van der Waals surface area (Å²) in [6.07, 6.45) is 4.62. The second kappa shape index (κ2) is 12.9. The van der Waals surface area contributed by atoms with Crippen molar-refractivity contribution < 1.29 is 24.1 Å². The van der Waals surface area contributed by atoms with E-state index in [0.717, 1.165) is 25.9 Å². The van der Waals surface area contributed by atoms with Crippen LogP contribution in [-0.4, -0.2) is 79.9 Å². The fourth-order valence-electron chi connectivity index (χ4n) is 3.97. The molecule has 1 fully saturated rings. The fraction of sp³-hybridized carbons (Fsp3) is 0.591. The SMILES string of the molecule is CCC(C(=O)N[C@@H](CC(=O)O)C(=O)CNCN1CCCC1)n1ccnc(NCc2nonc2C)c1=O. The number of likely N-dealkylation sites (tertiary alicyclic amines) is 1. The van der Waals surface area contributed by atoms with Crippen LogP contribution in [0.4, 0.5) is 5.82 Å². The largest absolute Gasteiger partial charge is 0.481 e. The second-order valence-electron chi connectivity index (χ2n) is 8.60. The van der Waals surface area contributed by atoms with Crippen molar-refractivity contribution in [1.82, 2.24) is 35.4 Å². The Bertz CT molecular complexity index is 1110. The van der Waals surface area contributed by atoms with Crippen LogP contribution in [0.15, 0.2) is 21.8 Å². The van der Waals surface area contributed by atoms with E-state index >= 15 is 0 Å². The molecule has 2 atom stereocenters. The van der Waals surface area contributed by atoms with E-state index in [1.54, 1.807) is 13.8 Å². The molecule has 0 radical (unpaired) electrons. The number of aryl methyl sites for hydroxylation is 1. The normalized spacial score (nSPS) is 15.4. The lowest BCUT2D eigenvalue weighted by molar-refractivity contribution is -0.140. The molecule has 1 aliphatic rings. The molecule has 14 nitrogen and oxygen atoms in total. The summed E-state index contributed by atoms with van der Waals surface area (Å²) in [6, 6.07) is -2.20. The van der Waals surface area contributed by atoms with Crippen molar-refractivity contribution in [3.63, 3.8) is 0 Å². The molecule has 0 aliphatic carbocycles. The Labute approximate surface area is 207 Å². The number of amides is 1. The number of carbonyl (C=O) groups excluding carboxylic acids is 2. The number of carbonyl (C=O) groups is 3. The van der Waals surface area contributed by atoms with Gasteiger partial charge in [-0.2, -0.15) is 0 Å². The van der Waals surface area contributed by atoms with Crippen molar-refractivity contribution in [2.24, 2.45) is 0 Å². The molecule has 0 spiro atoms. The van der Waals surface area contributed by atoms with Gasteiger partial charge >= 0.3 is 5.97 Å². The number of carboxylic acid groups (broad SMARTS) is 1. The van der Waals surface area contributed by atoms with Gasteiger partial charge in [0.25, 0.3) is 5.56 Å². The number of carboxylic acids is 1. The molecule has 1 saturated heterocycles. The molecule has 0 aromatic carbocycles. The third-order valence-corrected chi connectivity index (χ3v) is 5.98. The van der Waals surface area contributed by atoms with Crippen molar-refractivity contribution in [1.29, 1.82) is 0 Å². The van der Waals surface area contributed by atoms with Crippen LogP contribution in [0, 0.1) is 6.92 Å². The highest BCUT2D eigenvalue weighted by Crippen LogP contribution is 2.12. The first kappa shape index (κ1) is 26.9. The highest BCUT2D eigenvalue weighted by atomic mass is 16.6. The van der Waals surface area contributed by atoms with E-state index in [0.29, 0.717) is 18.1 Å². The average Bonchev–Trinajstić information content (AvgIpc) is 3.50. The maximum atomic E-state index is 13.1. The Balaban J connectivity index is 1.67. The van der Waals surface area contributed by atoms with E-state index in [1.165, 1.54) is 17.0 Å². The molecule has 196 valence electrons. The van der Waals surface area contributed by atoms with E-state index in [1.807, 2.05) is 0 Å². The highest BCUT2D eigenvalue weighted by molar-refractivity contribution is 5.93. The molecule has 1 aliphatic heterocycles. The Morgan fingerprint density at radius 1 is 1.22 bits per heavy atom. The lowest BCUT2D eigenvalue weighted by atomic mass is 10.1. The molecule has 36 heavy (non-hydrogen) atoms. The standard InChI is InChI=1S/C22H32N8O6/c1-3-17(30-9-6-24-20(22(30)35)25-11-16-14(2)27-36-28-16)21(34)26-15(10-19(32)33)18(31)12-23-13-29-7-4-5-8-29/h6,9,15,17,23H,3-5,7-8,10-13H2,1-2H3,(H,24,25)(H,26,34)(H,32,33)/t15-,17?/m0/s1. The zero-order chi connectivity index (χ0) is 26.1. The van der Waals surface area contributed by atoms with Gasteiger partial charge in [-0.3, -0.25) is 34.0 Å². The summed E-state index contributed by atoms with van der Waals surface area (Å²) in [6.45, 7) is 5.89. The van der Waals surface area contributed by atoms with Crippen LogP contribution in [-0.2, 0) is 20.9 Å². The number of aliphatic carboxylic acids is 1. The smallest absolute Gasteiger partial charge is 0.305 e. The van der Waals surface area contributed by atoms with Crippen LogP contribution in [0.2, 0.25) is 0 Å². The number of hydrogen-bond acceptors (Lipinski definition) is 11. The van der Waals surface area contributed by atoms with Gasteiger partial charge in [-0.05, 0) is 39.3 Å². The Morgan fingerprint density at radius 2 is 1.97 bits per heavy atom. The summed E-state index contributed by atoms with van der Waals surface area (Å²) in [5, 5.41) is 25.1. The summed E-state index contributed by atoms with van der Waals surface area (Å²) in [7, 11) is 0. The van der Waals surface area contributed by atoms with Crippen molar-refractivity contribution in [2.75, 3.05) is 31.6 Å². The Kier molecular flexibility index (Phi) is 9.64. The van der Waals surface area contributed by atoms with E-state index in [4.69, 9.17) is 0 Å². The molecular formula is C22H32N8O6. The topological polar surface area (TPSA) is 185 Å². The van der Waals surface area contributed by atoms with Gasteiger partial charge in [0.15, 0.2) is 11.6 Å². The van der Waals surface area contributed by atoms with Crippen LogP contribution in [0.1, 0.15) is 50.0 Å². The van der Waals surface area contributed by atoms with Gasteiger partial charge in [-0.25, -0.2) is 9.61 Å². The first-order valence-corrected chi connectivity index (χ1v) is 11.9. The molecule has 3 heterocycles. The minimum absolute atomic E-state index is 0.00424. The lowest BCUT2D eigenvalue weighted by Gasteiger charge is -2.23. The predicted molar refractivity (Wildman–Crippen MR) is 127 cm³/mol. The van der Waals surface area contributed by atoms with Crippen molar-refractivity contribution in [3.05, 3.63) is 34.1 Å². The van der Waals surface area contributed by atoms with Crippen LogP contribution < -0.4 is 21.5 Å². The summed E-state index contributed by atoms with van der Waals surface area (Å²) in [5.74, 6) is -2.30. The molecule has 2 aromatic rings. The van der Waals surface area contributed by atoms with Gasteiger partial charge < -0.3 is 15.7 Å². The van der Waals surface area contributed by atoms with Crippen molar-refractivity contribution >= 4 is 23.5 Å². The van der Waals surface area contributed by atoms with Gasteiger partial charge in [-0.1, -0.05) is 17.2 Å². The Hall–Kier alpha value is -3.65. The molecular weight excluding hydrogens is 472 g/mol. The summed E-state index contributed by atoms with van der Waals surface area (Å²) >= 11 is 0. The maximum absolute atomic E-state index is 13.1. The summed E-state index contributed by atoms with van der Waals surface area (Å²) < 4.78 is 5.84. The van der Waals surface area contributed by atoms with Crippen LogP contribution in [0.5, 0.6) is 0 Å². The molecule has 0 saturated carbocycles. The third-order valence-electron chi connectivity index (χ3n) is 5.98. The average molecular weight is 505 g/mol. The highest BCUT2D eigenvalue weighted by Gasteiger charge is 2.28. The number of Topliss-reactive ketones (excluding diaryl/α,β-unsaturated/α-hetero) is 1. The Morgan fingerprint density at radius 3 is 2.61 bits per heavy atom. The number of rotatable bonds is 14. The molecule has 2 aromatic heterocycles. The van der Waals surface area contributed by atoms with E-state index in [-0.39, 0.29) is 25.3 Å². The quantitative estimate of drug-likeness (QED) is 0.263. The van der Waals surface area contributed by atoms with E-state index in [2.05, 4.69) is 40.8 Å². The van der Waals surface area contributed by atoms with Gasteiger partial charge in [0, 0.05) is 19.1 Å². The molecule has 3 rings (SSSR count). The van der Waals surface area contributed by atoms with Gasteiger partial charge in [0.05, 0.1) is 25.6 Å². The summed E-state index contributed by atoms with van der Waals surface area (Å²) in [5.41, 5.74) is 0.514. The number of ketones is 1. The summed E-state index contributed by atoms with van der Waals surface area (Å²) in [4.78, 5) is 56.4. The van der Waals surface area contributed by atoms with Gasteiger partial charge in [0.1, 0.15) is 17.4 Å². The lowest BCUT2D eigenvalue weighted by Crippen LogP contribution is -2.49. The minimum atomic E-state index is -1.23. The minimum Gasteiger partial charge on any atom is -0.481 e. The van der Waals surface area contributed by atoms with Gasteiger partial charge in [0.2, 0.25) is 5.91 Å². The predicted octanol–water partition coefficient (Wildman–Crippen LogP) is -0.331. The zero-order valence-corrected chi connectivity index (χ0v) is 20.4. The van der Waals surface area contributed by atoms with Crippen molar-refractivity contribution in [2.45, 2.75) is 58.2 Å². The fourth-order valence-corrected chi connectivity index (χ4v) is 3.97. The van der Waals surface area contributed by atoms with E-state index in [9.17, 15) is 24.3 Å².